The summed E-state index contributed by atoms with van der Waals surface area (Å²) in [5.41, 5.74) is 2.89. The normalized spacial score (nSPS) is 12.0. The summed E-state index contributed by atoms with van der Waals surface area (Å²) in [5.74, 6) is 0.361. The summed E-state index contributed by atoms with van der Waals surface area (Å²) in [6.45, 7) is 2.42. The maximum absolute atomic E-state index is 13.2. The number of rotatable bonds is 6. The Morgan fingerprint density at radius 2 is 1.93 bits per heavy atom. The van der Waals surface area contributed by atoms with Crippen LogP contribution in [0, 0.1) is 0 Å². The molecule has 156 valence electrons. The van der Waals surface area contributed by atoms with Crippen molar-refractivity contribution in [1.29, 1.82) is 0 Å². The minimum absolute atomic E-state index is 0.00970. The molecule has 0 saturated carbocycles. The second-order valence-electron chi connectivity index (χ2n) is 6.86. The van der Waals surface area contributed by atoms with Gasteiger partial charge >= 0.3 is 6.18 Å². The predicted molar refractivity (Wildman–Crippen MR) is 108 cm³/mol. The van der Waals surface area contributed by atoms with Gasteiger partial charge in [0.05, 0.1) is 28.5 Å². The van der Waals surface area contributed by atoms with Crippen LogP contribution in [0.2, 0.25) is 0 Å². The summed E-state index contributed by atoms with van der Waals surface area (Å²) in [4.78, 5) is 13.3. The number of aromatic nitrogens is 4. The van der Waals surface area contributed by atoms with Gasteiger partial charge in [0.25, 0.3) is 0 Å². The van der Waals surface area contributed by atoms with E-state index in [1.54, 1.807) is 16.8 Å². The summed E-state index contributed by atoms with van der Waals surface area (Å²) in [6.07, 6.45) is 0.211. The van der Waals surface area contributed by atoms with Crippen LogP contribution in [0.4, 0.5) is 19.0 Å². The van der Waals surface area contributed by atoms with Crippen molar-refractivity contribution in [2.45, 2.75) is 25.9 Å². The Morgan fingerprint density at radius 3 is 2.60 bits per heavy atom. The molecule has 30 heavy (non-hydrogen) atoms. The Balaban J connectivity index is 1.95. The van der Waals surface area contributed by atoms with E-state index >= 15 is 0 Å². The number of hydrogen-bond acceptors (Lipinski definition) is 5. The van der Waals surface area contributed by atoms with Crippen molar-refractivity contribution in [1.82, 2.24) is 19.4 Å². The number of alkyl halides is 3. The first-order valence-corrected chi connectivity index (χ1v) is 9.61. The van der Waals surface area contributed by atoms with Gasteiger partial charge in [-0.2, -0.15) is 13.2 Å². The Labute approximate surface area is 170 Å². The molecule has 0 amide bonds. The Hall–Kier alpha value is -3.20. The topological polar surface area (TPSA) is 75.3 Å². The number of nitrogens with one attached hydrogen (secondary N) is 1. The standard InChI is InChI=1S/C21H20F3N5O/c1-2-15-6-4-13(11-26-15)18-12-27-20-19(25-8-3-9-30)28-16-10-14(21(22,23)24)5-7-17(16)29(18)20/h4-7,10-12,30H,2-3,8-9H2,1H3,(H,25,28). The van der Waals surface area contributed by atoms with Gasteiger partial charge in [-0.05, 0) is 43.2 Å². The van der Waals surface area contributed by atoms with E-state index in [1.807, 2.05) is 19.1 Å². The van der Waals surface area contributed by atoms with Crippen molar-refractivity contribution in [3.05, 3.63) is 54.0 Å². The summed E-state index contributed by atoms with van der Waals surface area (Å²) >= 11 is 0. The molecule has 0 atom stereocenters. The minimum Gasteiger partial charge on any atom is -0.396 e. The quantitative estimate of drug-likeness (QED) is 0.459. The highest BCUT2D eigenvalue weighted by Gasteiger charge is 2.31. The zero-order chi connectivity index (χ0) is 21.3. The fourth-order valence-corrected chi connectivity index (χ4v) is 3.30. The summed E-state index contributed by atoms with van der Waals surface area (Å²) in [6, 6.07) is 7.33. The van der Waals surface area contributed by atoms with Gasteiger partial charge in [-0.1, -0.05) is 6.92 Å². The van der Waals surface area contributed by atoms with Crippen LogP contribution in [-0.2, 0) is 12.6 Å². The van der Waals surface area contributed by atoms with Crippen LogP contribution < -0.4 is 5.32 Å². The van der Waals surface area contributed by atoms with Crippen LogP contribution in [-0.4, -0.2) is 37.6 Å². The zero-order valence-corrected chi connectivity index (χ0v) is 16.2. The molecule has 2 N–H and O–H groups in total. The Kier molecular flexibility index (Phi) is 5.29. The van der Waals surface area contributed by atoms with Gasteiger partial charge in [-0.3, -0.25) is 9.38 Å². The van der Waals surface area contributed by atoms with Crippen LogP contribution >= 0.6 is 0 Å². The molecule has 0 bridgehead atoms. The fraction of sp³-hybridized carbons (Fsp3) is 0.286. The van der Waals surface area contributed by atoms with E-state index in [-0.39, 0.29) is 12.1 Å². The highest BCUT2D eigenvalue weighted by molar-refractivity contribution is 5.86. The van der Waals surface area contributed by atoms with Crippen LogP contribution in [0.25, 0.3) is 27.9 Å². The summed E-state index contributed by atoms with van der Waals surface area (Å²) in [7, 11) is 0. The van der Waals surface area contributed by atoms with Crippen LogP contribution in [0.5, 0.6) is 0 Å². The molecule has 0 aliphatic heterocycles. The lowest BCUT2D eigenvalue weighted by atomic mass is 10.1. The van der Waals surface area contributed by atoms with Crippen molar-refractivity contribution < 1.29 is 18.3 Å². The number of hydrogen-bond donors (Lipinski definition) is 2. The number of halogens is 3. The molecule has 3 heterocycles. The van der Waals surface area contributed by atoms with Crippen molar-refractivity contribution in [3.8, 4) is 11.3 Å². The molecule has 0 spiro atoms. The molecular formula is C21H20F3N5O. The monoisotopic (exact) mass is 415 g/mol. The second-order valence-corrected chi connectivity index (χ2v) is 6.86. The van der Waals surface area contributed by atoms with Crippen LogP contribution in [0.15, 0.2) is 42.7 Å². The van der Waals surface area contributed by atoms with Gasteiger partial charge in [0.1, 0.15) is 0 Å². The van der Waals surface area contributed by atoms with Crippen molar-refractivity contribution in [2.75, 3.05) is 18.5 Å². The molecule has 0 aliphatic rings. The number of aliphatic hydroxyl groups is 1. The van der Waals surface area contributed by atoms with Gasteiger partial charge in [0, 0.05) is 30.6 Å². The fourth-order valence-electron chi connectivity index (χ4n) is 3.30. The van der Waals surface area contributed by atoms with Gasteiger partial charge in [-0.25, -0.2) is 9.97 Å². The third-order valence-corrected chi connectivity index (χ3v) is 4.86. The third-order valence-electron chi connectivity index (χ3n) is 4.86. The predicted octanol–water partition coefficient (Wildman–Crippen LogP) is 4.32. The highest BCUT2D eigenvalue weighted by atomic mass is 19.4. The lowest BCUT2D eigenvalue weighted by molar-refractivity contribution is -0.137. The smallest absolute Gasteiger partial charge is 0.396 e. The Bertz CT molecular complexity index is 1190. The van der Waals surface area contributed by atoms with Crippen molar-refractivity contribution >= 4 is 22.5 Å². The molecule has 4 aromatic rings. The van der Waals surface area contributed by atoms with E-state index in [0.29, 0.717) is 35.6 Å². The highest BCUT2D eigenvalue weighted by Crippen LogP contribution is 2.33. The van der Waals surface area contributed by atoms with E-state index in [9.17, 15) is 13.2 Å². The van der Waals surface area contributed by atoms with Gasteiger partial charge in [-0.15, -0.1) is 0 Å². The molecule has 6 nitrogen and oxygen atoms in total. The average molecular weight is 415 g/mol. The maximum Gasteiger partial charge on any atom is 0.416 e. The largest absolute Gasteiger partial charge is 0.416 e. The molecule has 0 fully saturated rings. The van der Waals surface area contributed by atoms with E-state index in [0.717, 1.165) is 29.8 Å². The van der Waals surface area contributed by atoms with Crippen LogP contribution in [0.3, 0.4) is 0 Å². The van der Waals surface area contributed by atoms with E-state index in [4.69, 9.17) is 5.11 Å². The number of benzene rings is 1. The lowest BCUT2D eigenvalue weighted by Gasteiger charge is -2.13. The summed E-state index contributed by atoms with van der Waals surface area (Å²) < 4.78 is 41.5. The number of nitrogens with zero attached hydrogens (tertiary/aromatic N) is 4. The van der Waals surface area contributed by atoms with Crippen molar-refractivity contribution in [3.63, 3.8) is 0 Å². The summed E-state index contributed by atoms with van der Waals surface area (Å²) in [5, 5.41) is 12.1. The molecule has 0 radical (unpaired) electrons. The molecule has 9 heteroatoms. The van der Waals surface area contributed by atoms with Crippen LogP contribution in [0.1, 0.15) is 24.6 Å². The first-order valence-electron chi connectivity index (χ1n) is 9.61. The minimum atomic E-state index is -4.47. The third kappa shape index (κ3) is 3.68. The number of aryl methyl sites for hydroxylation is 1. The number of aliphatic hydroxyl groups excluding tert-OH is 1. The molecule has 0 aliphatic carbocycles. The lowest BCUT2D eigenvalue weighted by Crippen LogP contribution is -2.09. The average Bonchev–Trinajstić information content (AvgIpc) is 3.18. The first kappa shape index (κ1) is 20.1. The maximum atomic E-state index is 13.2. The first-order chi connectivity index (χ1) is 14.4. The molecule has 3 aromatic heterocycles. The molecular weight excluding hydrogens is 395 g/mol. The van der Waals surface area contributed by atoms with E-state index in [2.05, 4.69) is 20.3 Å². The number of fused-ring (bicyclic) bond motifs is 3. The molecule has 0 unspecified atom stereocenters. The van der Waals surface area contributed by atoms with Gasteiger partial charge in [0.2, 0.25) is 0 Å². The molecule has 1 aromatic carbocycles. The number of anilines is 1. The SMILES string of the molecule is CCc1ccc(-c2cnc3c(NCCCO)nc4cc(C(F)(F)F)ccc4n23)cn1. The van der Waals surface area contributed by atoms with Crippen molar-refractivity contribution in [2.24, 2.45) is 0 Å². The van der Waals surface area contributed by atoms with E-state index in [1.165, 1.54) is 6.07 Å². The molecule has 4 rings (SSSR count). The number of pyridine rings is 1. The van der Waals surface area contributed by atoms with Gasteiger partial charge in [0.15, 0.2) is 11.5 Å². The second kappa shape index (κ2) is 7.91. The van der Waals surface area contributed by atoms with Gasteiger partial charge < -0.3 is 10.4 Å². The Morgan fingerprint density at radius 1 is 1.10 bits per heavy atom. The van der Waals surface area contributed by atoms with E-state index < -0.39 is 11.7 Å². The molecule has 0 saturated heterocycles. The number of imidazole rings is 1. The zero-order valence-electron chi connectivity index (χ0n) is 16.2.